The van der Waals surface area contributed by atoms with Crippen molar-refractivity contribution in [3.8, 4) is 0 Å². The van der Waals surface area contributed by atoms with Crippen molar-refractivity contribution in [3.05, 3.63) is 0 Å². The number of hydrogen-bond acceptors (Lipinski definition) is 0. The molecule has 0 amide bonds. The zero-order valence-electron chi connectivity index (χ0n) is 6.91. The molecule has 0 atom stereocenters. The highest BCUT2D eigenvalue weighted by Crippen LogP contribution is 1.90. The summed E-state index contributed by atoms with van der Waals surface area (Å²) in [5.74, 6) is 0. The monoisotopic (exact) mass is 142 g/mol. The highest BCUT2D eigenvalue weighted by molar-refractivity contribution is 6.64. The van der Waals surface area contributed by atoms with Crippen LogP contribution < -0.4 is 0 Å². The molecule has 0 bridgehead atoms. The summed E-state index contributed by atoms with van der Waals surface area (Å²) in [4.78, 5) is 0. The molecule has 0 aromatic heterocycles. The Morgan fingerprint density at radius 2 is 1.89 bits per heavy atom. The molecule has 0 aromatic carbocycles. The third-order valence-electron chi connectivity index (χ3n) is 1.43. The maximum atomic E-state index is 2.54. The maximum Gasteiger partial charge on any atom is 0.00198 e. The minimum atomic E-state index is -0.0282. The number of unbranched alkanes of at least 4 members (excludes halogenated alkanes) is 1. The Labute approximate surface area is 60.5 Å². The Hall–Kier alpha value is 0.0869. The zero-order valence-corrected chi connectivity index (χ0v) is 7.91. The summed E-state index contributed by atoms with van der Waals surface area (Å²) in [5, 5.41) is 0. The van der Waals surface area contributed by atoms with E-state index in [4.69, 9.17) is 0 Å². The van der Waals surface area contributed by atoms with Crippen molar-refractivity contribution in [1.82, 2.24) is 0 Å². The van der Waals surface area contributed by atoms with E-state index in [9.17, 15) is 0 Å². The van der Waals surface area contributed by atoms with Crippen LogP contribution in [0.1, 0.15) is 33.1 Å². The smallest absolute Gasteiger partial charge is 0.00198 e. The highest BCUT2D eigenvalue weighted by atomic mass is 28.2. The molecule has 0 radical (unpaired) electrons. The fraction of sp³-hybridized carbons (Fsp3) is 0.875. The standard InChI is InChI=1S/C8H18Si/c1-4-6-8-9(3)7-5-2/h8H,4-7H2,1-3H3. The fourth-order valence-corrected chi connectivity index (χ4v) is 2.66. The average molecular weight is 142 g/mol. The molecule has 0 fully saturated rings. The average Bonchev–Trinajstić information content (AvgIpc) is 1.85. The van der Waals surface area contributed by atoms with E-state index < -0.39 is 0 Å². The fourth-order valence-electron chi connectivity index (χ4n) is 0.887. The second-order valence-electron chi connectivity index (χ2n) is 2.59. The summed E-state index contributed by atoms with van der Waals surface area (Å²) < 4.78 is 0. The van der Waals surface area contributed by atoms with Gasteiger partial charge in [0, 0.05) is 8.41 Å². The van der Waals surface area contributed by atoms with Crippen molar-refractivity contribution >= 4 is 14.1 Å². The minimum absolute atomic E-state index is 0.0282. The van der Waals surface area contributed by atoms with Crippen molar-refractivity contribution in [2.45, 2.75) is 45.7 Å². The molecule has 0 aliphatic carbocycles. The molecule has 0 heterocycles. The van der Waals surface area contributed by atoms with Gasteiger partial charge in [-0.1, -0.05) is 33.2 Å². The van der Waals surface area contributed by atoms with Crippen LogP contribution in [0.25, 0.3) is 0 Å². The topological polar surface area (TPSA) is 0 Å². The van der Waals surface area contributed by atoms with Crippen LogP contribution in [0.15, 0.2) is 0 Å². The van der Waals surface area contributed by atoms with E-state index >= 15 is 0 Å². The Morgan fingerprint density at radius 3 is 2.33 bits per heavy atom. The summed E-state index contributed by atoms with van der Waals surface area (Å²) in [6.45, 7) is 6.93. The summed E-state index contributed by atoms with van der Waals surface area (Å²) >= 11 is 0. The van der Waals surface area contributed by atoms with Crippen LogP contribution in [0.3, 0.4) is 0 Å². The first-order valence-electron chi connectivity index (χ1n) is 3.96. The van der Waals surface area contributed by atoms with Crippen LogP contribution in [-0.2, 0) is 0 Å². The van der Waals surface area contributed by atoms with Crippen LogP contribution >= 0.6 is 0 Å². The van der Waals surface area contributed by atoms with E-state index in [1.165, 1.54) is 25.3 Å². The van der Waals surface area contributed by atoms with Crippen molar-refractivity contribution in [2.75, 3.05) is 0 Å². The molecule has 0 aliphatic heterocycles. The lowest BCUT2D eigenvalue weighted by molar-refractivity contribution is 1.01. The van der Waals surface area contributed by atoms with E-state index in [0.717, 1.165) is 0 Å². The third kappa shape index (κ3) is 5.97. The molecule has 0 rings (SSSR count). The van der Waals surface area contributed by atoms with Crippen LogP contribution in [-0.4, -0.2) is 14.1 Å². The lowest BCUT2D eigenvalue weighted by Crippen LogP contribution is -1.97. The number of hydrogen-bond donors (Lipinski definition) is 0. The lowest BCUT2D eigenvalue weighted by Gasteiger charge is -1.93. The largest absolute Gasteiger partial charge is 0.104 e. The normalized spacial score (nSPS) is 12.1. The second-order valence-corrected chi connectivity index (χ2v) is 5.19. The highest BCUT2D eigenvalue weighted by Gasteiger charge is 1.85. The first-order chi connectivity index (χ1) is 4.31. The van der Waals surface area contributed by atoms with Gasteiger partial charge in [-0.15, -0.1) is 5.67 Å². The predicted octanol–water partition coefficient (Wildman–Crippen LogP) is 2.71. The summed E-state index contributed by atoms with van der Waals surface area (Å²) in [6, 6.07) is 1.46. The van der Waals surface area contributed by atoms with Crippen molar-refractivity contribution in [3.63, 3.8) is 0 Å². The molecule has 0 aliphatic rings. The Balaban J connectivity index is 3.30. The van der Waals surface area contributed by atoms with Gasteiger partial charge in [-0.25, -0.2) is 0 Å². The zero-order chi connectivity index (χ0) is 7.11. The van der Waals surface area contributed by atoms with Gasteiger partial charge in [0.2, 0.25) is 0 Å². The van der Waals surface area contributed by atoms with Gasteiger partial charge >= 0.3 is 0 Å². The van der Waals surface area contributed by atoms with E-state index in [2.05, 4.69) is 26.1 Å². The SMILES string of the molecule is CCCC=[Si](C)CCC. The molecule has 0 nitrogen and oxygen atoms in total. The molecule has 54 valence electrons. The van der Waals surface area contributed by atoms with Gasteiger partial charge < -0.3 is 0 Å². The molecule has 0 unspecified atom stereocenters. The van der Waals surface area contributed by atoms with Gasteiger partial charge in [0.15, 0.2) is 0 Å². The van der Waals surface area contributed by atoms with Crippen LogP contribution in [0, 0.1) is 0 Å². The molecule has 0 saturated heterocycles. The second kappa shape index (κ2) is 6.21. The molecular formula is C8H18Si. The van der Waals surface area contributed by atoms with Gasteiger partial charge in [0.1, 0.15) is 0 Å². The molecule has 9 heavy (non-hydrogen) atoms. The van der Waals surface area contributed by atoms with E-state index in [1.807, 2.05) is 0 Å². The first kappa shape index (κ1) is 9.09. The van der Waals surface area contributed by atoms with Gasteiger partial charge in [-0.05, 0) is 12.5 Å². The van der Waals surface area contributed by atoms with E-state index in [-0.39, 0.29) is 8.41 Å². The lowest BCUT2D eigenvalue weighted by atomic mass is 10.4. The Bertz CT molecular complexity index is 84.6. The van der Waals surface area contributed by atoms with Gasteiger partial charge in [0.25, 0.3) is 0 Å². The van der Waals surface area contributed by atoms with Crippen LogP contribution in [0.2, 0.25) is 12.6 Å². The van der Waals surface area contributed by atoms with E-state index in [1.54, 1.807) is 0 Å². The quantitative estimate of drug-likeness (QED) is 0.529. The van der Waals surface area contributed by atoms with Crippen LogP contribution in [0.5, 0.6) is 0 Å². The number of rotatable bonds is 4. The molecular weight excluding hydrogens is 124 g/mol. The Kier molecular flexibility index (Phi) is 6.27. The summed E-state index contributed by atoms with van der Waals surface area (Å²) in [5.41, 5.74) is 2.54. The maximum absolute atomic E-state index is 2.54. The van der Waals surface area contributed by atoms with Gasteiger partial charge in [0.05, 0.1) is 0 Å². The summed E-state index contributed by atoms with van der Waals surface area (Å²) in [6.07, 6.45) is 4.03. The van der Waals surface area contributed by atoms with E-state index in [0.29, 0.717) is 0 Å². The molecule has 0 spiro atoms. The predicted molar refractivity (Wildman–Crippen MR) is 47.7 cm³/mol. The molecule has 1 heteroatoms. The Morgan fingerprint density at radius 1 is 1.22 bits per heavy atom. The van der Waals surface area contributed by atoms with Gasteiger partial charge in [-0.3, -0.25) is 0 Å². The third-order valence-corrected chi connectivity index (χ3v) is 3.70. The minimum Gasteiger partial charge on any atom is -0.104 e. The molecule has 0 aromatic rings. The first-order valence-corrected chi connectivity index (χ1v) is 6.25. The molecule has 0 N–H and O–H groups in total. The van der Waals surface area contributed by atoms with Gasteiger partial charge in [-0.2, -0.15) is 0 Å². The van der Waals surface area contributed by atoms with Crippen molar-refractivity contribution in [2.24, 2.45) is 0 Å². The van der Waals surface area contributed by atoms with Crippen LogP contribution in [0.4, 0.5) is 0 Å². The molecule has 0 saturated carbocycles. The van der Waals surface area contributed by atoms with Crippen molar-refractivity contribution < 1.29 is 0 Å². The van der Waals surface area contributed by atoms with Crippen molar-refractivity contribution in [1.29, 1.82) is 0 Å². The summed E-state index contributed by atoms with van der Waals surface area (Å²) in [7, 11) is -0.0282.